The Bertz CT molecular complexity index is 906. The summed E-state index contributed by atoms with van der Waals surface area (Å²) < 4.78 is 10.6. The van der Waals surface area contributed by atoms with Gasteiger partial charge in [0.2, 0.25) is 5.89 Å². The normalized spacial score (nSPS) is 10.9. The lowest BCUT2D eigenvalue weighted by Crippen LogP contribution is -2.21. The minimum absolute atomic E-state index is 0.0661. The third-order valence-corrected chi connectivity index (χ3v) is 3.72. The lowest BCUT2D eigenvalue weighted by molar-refractivity contribution is 0.110. The van der Waals surface area contributed by atoms with Crippen molar-refractivity contribution in [1.82, 2.24) is 4.98 Å². The summed E-state index contributed by atoms with van der Waals surface area (Å²) in [7, 11) is 0. The topological polar surface area (TPSA) is 76.6 Å². The summed E-state index contributed by atoms with van der Waals surface area (Å²) in [4.78, 5) is 28.9. The first-order valence-electron chi connectivity index (χ1n) is 7.40. The van der Waals surface area contributed by atoms with Gasteiger partial charge < -0.3 is 13.7 Å². The van der Waals surface area contributed by atoms with E-state index in [1.807, 2.05) is 18.2 Å². The van der Waals surface area contributed by atoms with Gasteiger partial charge in [-0.25, -0.2) is 9.78 Å². The van der Waals surface area contributed by atoms with Crippen LogP contribution in [0.25, 0.3) is 22.4 Å². The second kappa shape index (κ2) is 6.08. The molecule has 0 spiro atoms. The second-order valence-corrected chi connectivity index (χ2v) is 5.03. The van der Waals surface area contributed by atoms with Gasteiger partial charge in [0.15, 0.2) is 12.0 Å². The summed E-state index contributed by atoms with van der Waals surface area (Å²) in [5.41, 5.74) is 1.15. The first-order chi connectivity index (χ1) is 11.2. The van der Waals surface area contributed by atoms with Crippen LogP contribution in [0.4, 0.5) is 5.69 Å². The summed E-state index contributed by atoms with van der Waals surface area (Å²) in [6.07, 6.45) is 1.81. The predicted octanol–water partition coefficient (Wildman–Crippen LogP) is 3.11. The van der Waals surface area contributed by atoms with Gasteiger partial charge in [-0.2, -0.15) is 0 Å². The molecule has 0 saturated carbocycles. The Kier molecular flexibility index (Phi) is 3.97. The number of oxazole rings is 1. The van der Waals surface area contributed by atoms with Gasteiger partial charge in [0.1, 0.15) is 11.1 Å². The third kappa shape index (κ3) is 2.75. The van der Waals surface area contributed by atoms with Crippen molar-refractivity contribution in [2.45, 2.75) is 13.8 Å². The predicted molar refractivity (Wildman–Crippen MR) is 86.9 cm³/mol. The van der Waals surface area contributed by atoms with E-state index in [0.29, 0.717) is 11.9 Å². The van der Waals surface area contributed by atoms with Crippen LogP contribution in [0, 0.1) is 0 Å². The van der Waals surface area contributed by atoms with Crippen LogP contribution in [0.1, 0.15) is 24.4 Å². The molecule has 0 aliphatic heterocycles. The summed E-state index contributed by atoms with van der Waals surface area (Å²) >= 11 is 0. The van der Waals surface area contributed by atoms with E-state index in [9.17, 15) is 9.59 Å². The molecule has 6 nitrogen and oxygen atoms in total. The van der Waals surface area contributed by atoms with Crippen LogP contribution in [0.3, 0.4) is 0 Å². The molecule has 2 aromatic heterocycles. The summed E-state index contributed by atoms with van der Waals surface area (Å²) in [5.74, 6) is 0.145. The van der Waals surface area contributed by atoms with E-state index in [1.165, 1.54) is 6.20 Å². The van der Waals surface area contributed by atoms with E-state index in [4.69, 9.17) is 8.83 Å². The van der Waals surface area contributed by atoms with Gasteiger partial charge in [-0.15, -0.1) is 0 Å². The molecule has 0 unspecified atom stereocenters. The lowest BCUT2D eigenvalue weighted by atomic mass is 10.1. The Morgan fingerprint density at radius 3 is 2.61 bits per heavy atom. The quantitative estimate of drug-likeness (QED) is 0.532. The van der Waals surface area contributed by atoms with Gasteiger partial charge in [0.25, 0.3) is 0 Å². The van der Waals surface area contributed by atoms with Crippen LogP contribution in [0.5, 0.6) is 0 Å². The largest absolute Gasteiger partial charge is 0.433 e. The minimum Gasteiger partial charge on any atom is -0.433 e. The van der Waals surface area contributed by atoms with Crippen LogP contribution in [-0.2, 0) is 0 Å². The number of fused-ring (bicyclic) bond motifs is 1. The zero-order valence-electron chi connectivity index (χ0n) is 12.9. The molecule has 1 aromatic carbocycles. The number of aromatic nitrogens is 1. The van der Waals surface area contributed by atoms with Crippen molar-refractivity contribution in [3.63, 3.8) is 0 Å². The molecule has 0 saturated heterocycles. The number of hydrogen-bond donors (Lipinski definition) is 0. The standard InChI is InChI=1S/C17H16N2O4/c1-3-19(4-2)12-6-5-11-7-14(17(21)23-15(11)8-12)16-18-9-13(10-20)22-16/h5-10H,3-4H2,1-2H3. The van der Waals surface area contributed by atoms with E-state index >= 15 is 0 Å². The molecule has 0 radical (unpaired) electrons. The van der Waals surface area contributed by atoms with Crippen LogP contribution in [-0.4, -0.2) is 24.4 Å². The van der Waals surface area contributed by atoms with Gasteiger partial charge in [0, 0.05) is 30.2 Å². The van der Waals surface area contributed by atoms with E-state index < -0.39 is 5.63 Å². The molecule has 0 aliphatic carbocycles. The van der Waals surface area contributed by atoms with Crippen LogP contribution in [0.2, 0.25) is 0 Å². The van der Waals surface area contributed by atoms with E-state index in [1.54, 1.807) is 6.07 Å². The maximum atomic E-state index is 12.2. The van der Waals surface area contributed by atoms with Crippen molar-refractivity contribution in [3.8, 4) is 11.5 Å². The maximum Gasteiger partial charge on any atom is 0.349 e. The highest BCUT2D eigenvalue weighted by Gasteiger charge is 2.14. The van der Waals surface area contributed by atoms with Gasteiger partial charge in [-0.05, 0) is 32.0 Å². The Hall–Kier alpha value is -2.89. The molecular formula is C17H16N2O4. The van der Waals surface area contributed by atoms with Crippen molar-refractivity contribution in [3.05, 3.63) is 46.6 Å². The number of nitrogens with zero attached hydrogens (tertiary/aromatic N) is 2. The number of aldehydes is 1. The highest BCUT2D eigenvalue weighted by Crippen LogP contribution is 2.24. The Labute approximate surface area is 132 Å². The van der Waals surface area contributed by atoms with Gasteiger partial charge in [0.05, 0.1) is 6.20 Å². The molecule has 0 atom stereocenters. The zero-order valence-corrected chi connectivity index (χ0v) is 12.9. The number of carbonyl (C=O) groups is 1. The van der Waals surface area contributed by atoms with E-state index in [-0.39, 0.29) is 17.2 Å². The highest BCUT2D eigenvalue weighted by atomic mass is 16.4. The first-order valence-corrected chi connectivity index (χ1v) is 7.40. The fraction of sp³-hybridized carbons (Fsp3) is 0.235. The van der Waals surface area contributed by atoms with Crippen LogP contribution >= 0.6 is 0 Å². The molecule has 0 aliphatic rings. The van der Waals surface area contributed by atoms with E-state index in [0.717, 1.165) is 24.2 Å². The molecule has 0 fully saturated rings. The van der Waals surface area contributed by atoms with Gasteiger partial charge >= 0.3 is 5.63 Å². The number of rotatable bonds is 5. The Morgan fingerprint density at radius 1 is 1.17 bits per heavy atom. The highest BCUT2D eigenvalue weighted by molar-refractivity contribution is 5.83. The molecule has 0 amide bonds. The van der Waals surface area contributed by atoms with Crippen LogP contribution in [0.15, 0.2) is 44.1 Å². The summed E-state index contributed by atoms with van der Waals surface area (Å²) in [6, 6.07) is 7.37. The SMILES string of the molecule is CCN(CC)c1ccc2cc(-c3ncc(C=O)o3)c(=O)oc2c1. The Morgan fingerprint density at radius 2 is 1.96 bits per heavy atom. The minimum atomic E-state index is -0.548. The van der Waals surface area contributed by atoms with Gasteiger partial charge in [-0.1, -0.05) is 0 Å². The number of carbonyl (C=O) groups excluding carboxylic acids is 1. The smallest absolute Gasteiger partial charge is 0.349 e. The molecule has 3 aromatic rings. The average Bonchev–Trinajstić information content (AvgIpc) is 3.04. The summed E-state index contributed by atoms with van der Waals surface area (Å²) in [6.45, 7) is 5.88. The first kappa shape index (κ1) is 15.0. The van der Waals surface area contributed by atoms with Crippen LogP contribution < -0.4 is 10.5 Å². The fourth-order valence-corrected chi connectivity index (χ4v) is 2.50. The zero-order chi connectivity index (χ0) is 16.4. The molecule has 23 heavy (non-hydrogen) atoms. The second-order valence-electron chi connectivity index (χ2n) is 5.03. The monoisotopic (exact) mass is 312 g/mol. The lowest BCUT2D eigenvalue weighted by Gasteiger charge is -2.20. The van der Waals surface area contributed by atoms with Crippen molar-refractivity contribution in [1.29, 1.82) is 0 Å². The van der Waals surface area contributed by atoms with E-state index in [2.05, 4.69) is 23.7 Å². The summed E-state index contributed by atoms with van der Waals surface area (Å²) in [5, 5.41) is 0.765. The Balaban J connectivity index is 2.10. The molecule has 6 heteroatoms. The molecule has 3 rings (SSSR count). The maximum absolute atomic E-state index is 12.2. The molecule has 2 heterocycles. The van der Waals surface area contributed by atoms with Crippen molar-refractivity contribution < 1.29 is 13.6 Å². The molecule has 0 N–H and O–H groups in total. The van der Waals surface area contributed by atoms with Crippen molar-refractivity contribution in [2.75, 3.05) is 18.0 Å². The number of benzene rings is 1. The average molecular weight is 312 g/mol. The fourth-order valence-electron chi connectivity index (χ4n) is 2.50. The van der Waals surface area contributed by atoms with Gasteiger partial charge in [-0.3, -0.25) is 4.79 Å². The third-order valence-electron chi connectivity index (χ3n) is 3.72. The number of anilines is 1. The molecular weight excluding hydrogens is 296 g/mol. The van der Waals surface area contributed by atoms with Crippen molar-refractivity contribution >= 4 is 22.9 Å². The van der Waals surface area contributed by atoms with Crippen molar-refractivity contribution in [2.24, 2.45) is 0 Å². The molecule has 0 bridgehead atoms. The molecule has 118 valence electrons. The number of hydrogen-bond acceptors (Lipinski definition) is 6.